The van der Waals surface area contributed by atoms with Crippen molar-refractivity contribution in [1.29, 1.82) is 0 Å². The Balaban J connectivity index is 2.14. The van der Waals surface area contributed by atoms with E-state index < -0.39 is 0 Å². The molecule has 16 heavy (non-hydrogen) atoms. The van der Waals surface area contributed by atoms with Crippen molar-refractivity contribution in [3.05, 3.63) is 38.5 Å². The predicted molar refractivity (Wildman–Crippen MR) is 71.3 cm³/mol. The normalized spacial score (nSPS) is 12.9. The van der Waals surface area contributed by atoms with E-state index in [1.54, 1.807) is 11.3 Å². The van der Waals surface area contributed by atoms with Crippen LogP contribution in [0.15, 0.2) is 23.2 Å². The molecular formula is C12H16N2S2. The van der Waals surface area contributed by atoms with Gasteiger partial charge >= 0.3 is 0 Å². The number of hydrogen-bond donors (Lipinski definition) is 1. The van der Waals surface area contributed by atoms with Crippen molar-refractivity contribution in [2.75, 3.05) is 6.54 Å². The van der Waals surface area contributed by atoms with Gasteiger partial charge in [-0.05, 0) is 30.5 Å². The average Bonchev–Trinajstić information content (AvgIpc) is 2.88. The third-order valence-electron chi connectivity index (χ3n) is 2.56. The Labute approximate surface area is 104 Å². The Kier molecular flexibility index (Phi) is 4.09. The third-order valence-corrected chi connectivity index (χ3v) is 4.49. The zero-order valence-electron chi connectivity index (χ0n) is 9.56. The summed E-state index contributed by atoms with van der Waals surface area (Å²) in [5, 5.41) is 5.72. The Morgan fingerprint density at radius 2 is 2.31 bits per heavy atom. The lowest BCUT2D eigenvalue weighted by atomic mass is 10.1. The minimum atomic E-state index is 0.436. The fraction of sp³-hybridized carbons (Fsp3) is 0.417. The summed E-state index contributed by atoms with van der Waals surface area (Å²) >= 11 is 3.57. The molecule has 1 N–H and O–H groups in total. The van der Waals surface area contributed by atoms with Gasteiger partial charge in [0.1, 0.15) is 0 Å². The molecule has 1 atom stereocenters. The summed E-state index contributed by atoms with van der Waals surface area (Å²) < 4.78 is 0. The molecule has 86 valence electrons. The molecule has 1 unspecified atom stereocenters. The number of thiophene rings is 1. The van der Waals surface area contributed by atoms with E-state index in [9.17, 15) is 0 Å². The van der Waals surface area contributed by atoms with Crippen LogP contribution in [0.1, 0.15) is 28.3 Å². The van der Waals surface area contributed by atoms with Crippen LogP contribution in [0.4, 0.5) is 0 Å². The molecule has 2 nitrogen and oxygen atoms in total. The van der Waals surface area contributed by atoms with Gasteiger partial charge in [-0.2, -0.15) is 0 Å². The lowest BCUT2D eigenvalue weighted by Gasteiger charge is -2.16. The van der Waals surface area contributed by atoms with Crippen molar-refractivity contribution < 1.29 is 0 Å². The van der Waals surface area contributed by atoms with Gasteiger partial charge in [0.05, 0.1) is 5.51 Å². The van der Waals surface area contributed by atoms with E-state index in [1.165, 1.54) is 15.3 Å². The first-order valence-electron chi connectivity index (χ1n) is 5.46. The van der Waals surface area contributed by atoms with Crippen molar-refractivity contribution in [3.63, 3.8) is 0 Å². The smallest absolute Gasteiger partial charge is 0.0794 e. The molecule has 0 amide bonds. The van der Waals surface area contributed by atoms with Crippen LogP contribution in [0.3, 0.4) is 0 Å². The summed E-state index contributed by atoms with van der Waals surface area (Å²) in [6.07, 6.45) is 3.01. The van der Waals surface area contributed by atoms with Crippen molar-refractivity contribution in [3.8, 4) is 0 Å². The highest BCUT2D eigenvalue weighted by molar-refractivity contribution is 7.10. The maximum absolute atomic E-state index is 4.13. The minimum absolute atomic E-state index is 0.436. The molecule has 0 aliphatic rings. The van der Waals surface area contributed by atoms with Gasteiger partial charge in [-0.15, -0.1) is 22.7 Å². The fourth-order valence-electron chi connectivity index (χ4n) is 1.79. The van der Waals surface area contributed by atoms with Gasteiger partial charge in [-0.1, -0.05) is 6.92 Å². The average molecular weight is 252 g/mol. The summed E-state index contributed by atoms with van der Waals surface area (Å²) in [6, 6.07) is 2.63. The highest BCUT2D eigenvalue weighted by atomic mass is 32.1. The van der Waals surface area contributed by atoms with Gasteiger partial charge in [0, 0.05) is 28.4 Å². The molecule has 0 saturated heterocycles. The second-order valence-corrected chi connectivity index (χ2v) is 5.67. The van der Waals surface area contributed by atoms with Crippen LogP contribution >= 0.6 is 22.7 Å². The van der Waals surface area contributed by atoms with E-state index in [1.807, 2.05) is 23.0 Å². The molecular weight excluding hydrogens is 236 g/mol. The number of aryl methyl sites for hydroxylation is 1. The molecule has 0 saturated carbocycles. The molecule has 0 aliphatic carbocycles. The number of rotatable bonds is 5. The first-order chi connectivity index (χ1) is 7.81. The number of aromatic nitrogens is 1. The van der Waals surface area contributed by atoms with E-state index >= 15 is 0 Å². The second kappa shape index (κ2) is 5.57. The molecule has 2 heterocycles. The fourth-order valence-corrected chi connectivity index (χ4v) is 3.43. The van der Waals surface area contributed by atoms with E-state index in [0.717, 1.165) is 13.0 Å². The maximum Gasteiger partial charge on any atom is 0.0794 e. The van der Waals surface area contributed by atoms with Crippen LogP contribution in [0.25, 0.3) is 0 Å². The number of nitrogens with one attached hydrogen (secondary N) is 1. The van der Waals surface area contributed by atoms with Crippen LogP contribution in [0.2, 0.25) is 0 Å². The molecule has 0 fully saturated rings. The van der Waals surface area contributed by atoms with Crippen molar-refractivity contribution in [1.82, 2.24) is 10.3 Å². The van der Waals surface area contributed by atoms with Gasteiger partial charge in [-0.25, -0.2) is 0 Å². The number of hydrogen-bond acceptors (Lipinski definition) is 4. The topological polar surface area (TPSA) is 24.9 Å². The van der Waals surface area contributed by atoms with Crippen LogP contribution in [-0.4, -0.2) is 11.5 Å². The lowest BCUT2D eigenvalue weighted by Crippen LogP contribution is -2.22. The Morgan fingerprint density at radius 1 is 1.44 bits per heavy atom. The highest BCUT2D eigenvalue weighted by Crippen LogP contribution is 2.27. The number of likely N-dealkylation sites (N-methyl/N-ethyl adjacent to an activating group) is 1. The Hall–Kier alpha value is -0.710. The largest absolute Gasteiger partial charge is 0.309 e. The summed E-state index contributed by atoms with van der Waals surface area (Å²) in [5.74, 6) is 0. The molecule has 0 spiro atoms. The maximum atomic E-state index is 4.13. The summed E-state index contributed by atoms with van der Waals surface area (Å²) in [4.78, 5) is 6.93. The van der Waals surface area contributed by atoms with Crippen molar-refractivity contribution >= 4 is 22.7 Å². The third kappa shape index (κ3) is 2.70. The van der Waals surface area contributed by atoms with Gasteiger partial charge in [-0.3, -0.25) is 4.98 Å². The van der Waals surface area contributed by atoms with Crippen LogP contribution in [0, 0.1) is 6.92 Å². The molecule has 2 aromatic rings. The van der Waals surface area contributed by atoms with E-state index in [-0.39, 0.29) is 0 Å². The van der Waals surface area contributed by atoms with E-state index in [4.69, 9.17) is 0 Å². The number of thiazole rings is 1. The van der Waals surface area contributed by atoms with Gasteiger partial charge in [0.25, 0.3) is 0 Å². The molecule has 2 rings (SSSR count). The molecule has 0 aliphatic heterocycles. The summed E-state index contributed by atoms with van der Waals surface area (Å²) in [5.41, 5.74) is 3.29. The molecule has 0 bridgehead atoms. The van der Waals surface area contributed by atoms with Crippen LogP contribution < -0.4 is 5.32 Å². The highest BCUT2D eigenvalue weighted by Gasteiger charge is 2.15. The SMILES string of the molecule is CCNC(Cc1cncs1)c1sccc1C. The molecule has 2 aromatic heterocycles. The lowest BCUT2D eigenvalue weighted by molar-refractivity contribution is 0.559. The van der Waals surface area contributed by atoms with Gasteiger partial charge in [0.15, 0.2) is 0 Å². The first kappa shape index (κ1) is 11.8. The zero-order chi connectivity index (χ0) is 11.4. The predicted octanol–water partition coefficient (Wildman–Crippen LogP) is 3.41. The zero-order valence-corrected chi connectivity index (χ0v) is 11.2. The molecule has 0 aromatic carbocycles. The molecule has 4 heteroatoms. The van der Waals surface area contributed by atoms with Crippen molar-refractivity contribution in [2.24, 2.45) is 0 Å². The number of nitrogens with zero attached hydrogens (tertiary/aromatic N) is 1. The van der Waals surface area contributed by atoms with Gasteiger partial charge in [0.2, 0.25) is 0 Å². The Bertz CT molecular complexity index is 420. The van der Waals surface area contributed by atoms with Crippen molar-refractivity contribution in [2.45, 2.75) is 26.3 Å². The summed E-state index contributed by atoms with van der Waals surface area (Å²) in [6.45, 7) is 5.34. The molecule has 0 radical (unpaired) electrons. The second-order valence-electron chi connectivity index (χ2n) is 3.75. The summed E-state index contributed by atoms with van der Waals surface area (Å²) in [7, 11) is 0. The first-order valence-corrected chi connectivity index (χ1v) is 7.22. The van der Waals surface area contributed by atoms with E-state index in [2.05, 4.69) is 35.6 Å². The minimum Gasteiger partial charge on any atom is -0.309 e. The van der Waals surface area contributed by atoms with Crippen LogP contribution in [-0.2, 0) is 6.42 Å². The van der Waals surface area contributed by atoms with Gasteiger partial charge < -0.3 is 5.32 Å². The monoisotopic (exact) mass is 252 g/mol. The van der Waals surface area contributed by atoms with Crippen LogP contribution in [0.5, 0.6) is 0 Å². The quantitative estimate of drug-likeness (QED) is 0.882. The standard InChI is InChI=1S/C12H16N2S2/c1-3-14-11(6-10-7-13-8-16-10)12-9(2)4-5-15-12/h4-5,7-8,11,14H,3,6H2,1-2H3. The van der Waals surface area contributed by atoms with E-state index in [0.29, 0.717) is 6.04 Å². The Morgan fingerprint density at radius 3 is 2.88 bits per heavy atom.